The number of hydrogen-bond donors (Lipinski definition) is 1. The Balaban J connectivity index is 1.89. The van der Waals surface area contributed by atoms with Crippen molar-refractivity contribution in [1.82, 2.24) is 15.2 Å². The summed E-state index contributed by atoms with van der Waals surface area (Å²) in [6.45, 7) is 9.69. The molecule has 0 aliphatic carbocycles. The van der Waals surface area contributed by atoms with Gasteiger partial charge in [0.2, 0.25) is 0 Å². The maximum Gasteiger partial charge on any atom is 0.128 e. The van der Waals surface area contributed by atoms with Gasteiger partial charge >= 0.3 is 0 Å². The SMILES string of the molecule is CN(CC1CCCN1C)c1ccc(CNC(C)(C)C)cn1. The van der Waals surface area contributed by atoms with Gasteiger partial charge in [0, 0.05) is 37.9 Å². The van der Waals surface area contributed by atoms with Gasteiger partial charge in [0.05, 0.1) is 0 Å². The second kappa shape index (κ2) is 6.75. The van der Waals surface area contributed by atoms with E-state index in [0.717, 1.165) is 18.9 Å². The summed E-state index contributed by atoms with van der Waals surface area (Å²) in [5.74, 6) is 1.06. The third kappa shape index (κ3) is 4.97. The molecule has 0 saturated carbocycles. The number of nitrogens with one attached hydrogen (secondary N) is 1. The second-order valence-electron chi connectivity index (χ2n) is 7.29. The van der Waals surface area contributed by atoms with Crippen molar-refractivity contribution in [1.29, 1.82) is 0 Å². The van der Waals surface area contributed by atoms with Gasteiger partial charge in [0.15, 0.2) is 0 Å². The molecular formula is C17H30N4. The summed E-state index contributed by atoms with van der Waals surface area (Å²) in [5, 5.41) is 3.49. The highest BCUT2D eigenvalue weighted by Crippen LogP contribution is 2.18. The molecule has 0 radical (unpaired) electrons. The summed E-state index contributed by atoms with van der Waals surface area (Å²) in [6, 6.07) is 4.98. The maximum absolute atomic E-state index is 4.61. The van der Waals surface area contributed by atoms with Crippen LogP contribution in [0, 0.1) is 0 Å². The molecule has 1 aliphatic rings. The number of hydrogen-bond acceptors (Lipinski definition) is 4. The summed E-state index contributed by atoms with van der Waals surface area (Å²) in [6.07, 6.45) is 4.61. The van der Waals surface area contributed by atoms with E-state index in [9.17, 15) is 0 Å². The average Bonchev–Trinajstić information content (AvgIpc) is 2.82. The Bertz CT molecular complexity index is 435. The molecule has 0 aromatic carbocycles. The summed E-state index contributed by atoms with van der Waals surface area (Å²) >= 11 is 0. The highest BCUT2D eigenvalue weighted by Gasteiger charge is 2.22. The predicted molar refractivity (Wildman–Crippen MR) is 89.8 cm³/mol. The quantitative estimate of drug-likeness (QED) is 0.903. The van der Waals surface area contributed by atoms with Gasteiger partial charge in [-0.3, -0.25) is 0 Å². The zero-order valence-electron chi connectivity index (χ0n) is 14.2. The van der Waals surface area contributed by atoms with E-state index in [1.807, 2.05) is 6.20 Å². The highest BCUT2D eigenvalue weighted by molar-refractivity contribution is 5.38. The number of nitrogens with zero attached hydrogens (tertiary/aromatic N) is 3. The van der Waals surface area contributed by atoms with Gasteiger partial charge in [0.25, 0.3) is 0 Å². The molecule has 4 nitrogen and oxygen atoms in total. The molecule has 4 heteroatoms. The van der Waals surface area contributed by atoms with E-state index in [-0.39, 0.29) is 5.54 Å². The molecular weight excluding hydrogens is 260 g/mol. The standard InChI is InChI=1S/C17H30N4/c1-17(2,3)19-12-14-8-9-16(18-11-14)21(5)13-15-7-6-10-20(15)4/h8-9,11,15,19H,6-7,10,12-13H2,1-5H3. The van der Waals surface area contributed by atoms with Crippen LogP contribution in [-0.2, 0) is 6.54 Å². The first kappa shape index (κ1) is 16.2. The number of pyridine rings is 1. The Morgan fingerprint density at radius 3 is 2.67 bits per heavy atom. The van der Waals surface area contributed by atoms with E-state index in [1.54, 1.807) is 0 Å². The molecule has 0 amide bonds. The lowest BCUT2D eigenvalue weighted by Crippen LogP contribution is -2.37. The summed E-state index contributed by atoms with van der Waals surface area (Å²) in [4.78, 5) is 9.34. The van der Waals surface area contributed by atoms with E-state index in [1.165, 1.54) is 24.9 Å². The lowest BCUT2D eigenvalue weighted by atomic mass is 10.1. The molecule has 1 N–H and O–H groups in total. The molecule has 0 spiro atoms. The van der Waals surface area contributed by atoms with E-state index >= 15 is 0 Å². The fourth-order valence-electron chi connectivity index (χ4n) is 2.73. The molecule has 1 saturated heterocycles. The van der Waals surface area contributed by atoms with Crippen molar-refractivity contribution in [3.05, 3.63) is 23.9 Å². The van der Waals surface area contributed by atoms with Gasteiger partial charge in [-0.15, -0.1) is 0 Å². The monoisotopic (exact) mass is 290 g/mol. The van der Waals surface area contributed by atoms with Gasteiger partial charge in [-0.05, 0) is 58.8 Å². The van der Waals surface area contributed by atoms with Gasteiger partial charge < -0.3 is 15.1 Å². The Morgan fingerprint density at radius 2 is 2.14 bits per heavy atom. The van der Waals surface area contributed by atoms with Crippen LogP contribution in [-0.4, -0.2) is 48.6 Å². The number of likely N-dealkylation sites (N-methyl/N-ethyl adjacent to an activating group) is 2. The van der Waals surface area contributed by atoms with Crippen molar-refractivity contribution in [2.45, 2.75) is 51.7 Å². The molecule has 118 valence electrons. The van der Waals surface area contributed by atoms with E-state index in [0.29, 0.717) is 6.04 Å². The van der Waals surface area contributed by atoms with E-state index < -0.39 is 0 Å². The zero-order chi connectivity index (χ0) is 15.5. The first-order chi connectivity index (χ1) is 9.85. The van der Waals surface area contributed by atoms with Crippen LogP contribution in [0.15, 0.2) is 18.3 Å². The van der Waals surface area contributed by atoms with Gasteiger partial charge in [-0.2, -0.15) is 0 Å². The van der Waals surface area contributed by atoms with Gasteiger partial charge in [-0.1, -0.05) is 6.07 Å². The van der Waals surface area contributed by atoms with Crippen molar-refractivity contribution in [3.63, 3.8) is 0 Å². The second-order valence-corrected chi connectivity index (χ2v) is 7.29. The molecule has 1 aromatic heterocycles. The number of aromatic nitrogens is 1. The van der Waals surface area contributed by atoms with Crippen LogP contribution in [0.5, 0.6) is 0 Å². The first-order valence-corrected chi connectivity index (χ1v) is 7.96. The Morgan fingerprint density at radius 1 is 1.38 bits per heavy atom. The lowest BCUT2D eigenvalue weighted by Gasteiger charge is -2.26. The number of rotatable bonds is 5. The Kier molecular flexibility index (Phi) is 5.22. The van der Waals surface area contributed by atoms with Crippen LogP contribution < -0.4 is 10.2 Å². The Labute approximate surface area is 129 Å². The summed E-state index contributed by atoms with van der Waals surface area (Å²) in [7, 11) is 4.36. The van der Waals surface area contributed by atoms with Crippen molar-refractivity contribution in [2.24, 2.45) is 0 Å². The van der Waals surface area contributed by atoms with Gasteiger partial charge in [-0.25, -0.2) is 4.98 Å². The molecule has 21 heavy (non-hydrogen) atoms. The van der Waals surface area contributed by atoms with Crippen LogP contribution in [0.2, 0.25) is 0 Å². The molecule has 2 heterocycles. The van der Waals surface area contributed by atoms with E-state index in [2.05, 4.69) is 67.1 Å². The van der Waals surface area contributed by atoms with Crippen molar-refractivity contribution in [2.75, 3.05) is 32.1 Å². The van der Waals surface area contributed by atoms with Crippen molar-refractivity contribution in [3.8, 4) is 0 Å². The third-order valence-corrected chi connectivity index (χ3v) is 4.18. The topological polar surface area (TPSA) is 31.4 Å². The van der Waals surface area contributed by atoms with Crippen molar-refractivity contribution >= 4 is 5.82 Å². The largest absolute Gasteiger partial charge is 0.358 e. The molecule has 1 aromatic rings. The lowest BCUT2D eigenvalue weighted by molar-refractivity contribution is 0.314. The fourth-order valence-corrected chi connectivity index (χ4v) is 2.73. The van der Waals surface area contributed by atoms with Crippen molar-refractivity contribution < 1.29 is 0 Å². The predicted octanol–water partition coefficient (Wildman–Crippen LogP) is 2.50. The van der Waals surface area contributed by atoms with Crippen LogP contribution >= 0.6 is 0 Å². The smallest absolute Gasteiger partial charge is 0.128 e. The Hall–Kier alpha value is -1.13. The molecule has 1 unspecified atom stereocenters. The molecule has 2 rings (SSSR count). The maximum atomic E-state index is 4.61. The normalized spacial score (nSPS) is 20.0. The van der Waals surface area contributed by atoms with Crippen LogP contribution in [0.3, 0.4) is 0 Å². The van der Waals surface area contributed by atoms with Gasteiger partial charge in [0.1, 0.15) is 5.82 Å². The summed E-state index contributed by atoms with van der Waals surface area (Å²) < 4.78 is 0. The minimum atomic E-state index is 0.141. The summed E-state index contributed by atoms with van der Waals surface area (Å²) in [5.41, 5.74) is 1.38. The fraction of sp³-hybridized carbons (Fsp3) is 0.706. The zero-order valence-corrected chi connectivity index (χ0v) is 14.2. The highest BCUT2D eigenvalue weighted by atomic mass is 15.2. The molecule has 1 aliphatic heterocycles. The molecule has 0 bridgehead atoms. The minimum Gasteiger partial charge on any atom is -0.358 e. The van der Waals surface area contributed by atoms with Crippen LogP contribution in [0.1, 0.15) is 39.2 Å². The average molecular weight is 290 g/mol. The number of anilines is 1. The van der Waals surface area contributed by atoms with Crippen LogP contribution in [0.25, 0.3) is 0 Å². The third-order valence-electron chi connectivity index (χ3n) is 4.18. The van der Waals surface area contributed by atoms with Crippen LogP contribution in [0.4, 0.5) is 5.82 Å². The number of likely N-dealkylation sites (tertiary alicyclic amines) is 1. The van der Waals surface area contributed by atoms with E-state index in [4.69, 9.17) is 0 Å². The first-order valence-electron chi connectivity index (χ1n) is 7.96. The molecule has 1 fully saturated rings. The molecule has 1 atom stereocenters. The minimum absolute atomic E-state index is 0.141.